The number of anilines is 1. The summed E-state index contributed by atoms with van der Waals surface area (Å²) in [7, 11) is 1.58. The van der Waals surface area contributed by atoms with Crippen LogP contribution < -0.4 is 9.64 Å². The van der Waals surface area contributed by atoms with E-state index in [1.54, 1.807) is 53.3 Å². The minimum absolute atomic E-state index is 0.172. The highest BCUT2D eigenvalue weighted by atomic mass is 35.5. The van der Waals surface area contributed by atoms with Crippen LogP contribution in [0.4, 0.5) is 5.69 Å². The molecule has 0 aliphatic carbocycles. The molecule has 2 aromatic rings. The van der Waals surface area contributed by atoms with Gasteiger partial charge >= 0.3 is 0 Å². The number of nitrogens with zero attached hydrogens (tertiary/aromatic N) is 2. The van der Waals surface area contributed by atoms with E-state index in [-0.39, 0.29) is 5.91 Å². The molecule has 2 heterocycles. The van der Waals surface area contributed by atoms with Crippen LogP contribution in [0.1, 0.15) is 24.3 Å². The summed E-state index contributed by atoms with van der Waals surface area (Å²) in [5, 5.41) is 3.20. The Morgan fingerprint density at radius 2 is 2.15 bits per heavy atom. The minimum atomic E-state index is -0.172. The first kappa shape index (κ1) is 20.0. The Bertz CT molecular complexity index is 918. The zero-order chi connectivity index (χ0) is 19.6. The zero-order valence-electron chi connectivity index (χ0n) is 15.7. The molecule has 0 fully saturated rings. The summed E-state index contributed by atoms with van der Waals surface area (Å²) in [5.74, 6) is 1.74. The monoisotopic (exact) mass is 420 g/mol. The van der Waals surface area contributed by atoms with Crippen LogP contribution in [-0.4, -0.2) is 23.9 Å². The lowest BCUT2D eigenvalue weighted by Crippen LogP contribution is -2.31. The SMILES string of the molecule is COc1ccc(Cl)cc1N1C(=O)/C(=C\c2sccc2C)N=C1SCC(C)C. The van der Waals surface area contributed by atoms with Crippen LogP contribution in [0.25, 0.3) is 6.08 Å². The second kappa shape index (κ2) is 8.50. The van der Waals surface area contributed by atoms with Crippen LogP contribution in [0.15, 0.2) is 40.3 Å². The first-order chi connectivity index (χ1) is 12.9. The third-order valence-corrected chi connectivity index (χ3v) is 6.49. The lowest BCUT2D eigenvalue weighted by atomic mass is 10.2. The Morgan fingerprint density at radius 3 is 2.78 bits per heavy atom. The summed E-state index contributed by atoms with van der Waals surface area (Å²) in [6.45, 7) is 6.30. The van der Waals surface area contributed by atoms with E-state index in [1.807, 2.05) is 24.4 Å². The number of hydrogen-bond acceptors (Lipinski definition) is 5. The van der Waals surface area contributed by atoms with Crippen molar-refractivity contribution in [3.63, 3.8) is 0 Å². The van der Waals surface area contributed by atoms with Gasteiger partial charge in [-0.1, -0.05) is 37.2 Å². The molecular weight excluding hydrogens is 400 g/mol. The molecule has 1 aromatic carbocycles. The molecule has 0 saturated heterocycles. The molecule has 1 aliphatic heterocycles. The molecule has 27 heavy (non-hydrogen) atoms. The number of amidine groups is 1. The maximum Gasteiger partial charge on any atom is 0.283 e. The average Bonchev–Trinajstić information content (AvgIpc) is 3.17. The molecule has 7 heteroatoms. The van der Waals surface area contributed by atoms with Crippen molar-refractivity contribution in [2.75, 3.05) is 17.8 Å². The first-order valence-corrected chi connectivity index (χ1v) is 10.8. The van der Waals surface area contributed by atoms with Gasteiger partial charge in [0.05, 0.1) is 12.8 Å². The summed E-state index contributed by atoms with van der Waals surface area (Å²) in [6.07, 6.45) is 1.86. The summed E-state index contributed by atoms with van der Waals surface area (Å²) in [6, 6.07) is 7.28. The van der Waals surface area contributed by atoms with E-state index in [0.29, 0.717) is 33.2 Å². The number of amides is 1. The van der Waals surface area contributed by atoms with E-state index in [9.17, 15) is 4.79 Å². The topological polar surface area (TPSA) is 41.9 Å². The fourth-order valence-electron chi connectivity index (χ4n) is 2.54. The lowest BCUT2D eigenvalue weighted by Gasteiger charge is -2.21. The number of carbonyl (C=O) groups excluding carboxylic acids is 1. The maximum atomic E-state index is 13.2. The molecule has 1 aromatic heterocycles. The van der Waals surface area contributed by atoms with Gasteiger partial charge in [-0.05, 0) is 54.1 Å². The van der Waals surface area contributed by atoms with Gasteiger partial charge in [0.15, 0.2) is 5.17 Å². The number of ether oxygens (including phenoxy) is 1. The van der Waals surface area contributed by atoms with Gasteiger partial charge in [-0.2, -0.15) is 0 Å². The van der Waals surface area contributed by atoms with Crippen LogP contribution in [0.5, 0.6) is 5.75 Å². The van der Waals surface area contributed by atoms with E-state index in [1.165, 1.54) is 0 Å². The number of methoxy groups -OCH3 is 1. The zero-order valence-corrected chi connectivity index (χ0v) is 18.0. The van der Waals surface area contributed by atoms with E-state index < -0.39 is 0 Å². The molecule has 0 saturated carbocycles. The summed E-state index contributed by atoms with van der Waals surface area (Å²) in [5.41, 5.74) is 2.16. The third kappa shape index (κ3) is 4.39. The highest BCUT2D eigenvalue weighted by Gasteiger charge is 2.34. The van der Waals surface area contributed by atoms with Crippen LogP contribution in [-0.2, 0) is 4.79 Å². The van der Waals surface area contributed by atoms with Crippen molar-refractivity contribution in [1.82, 2.24) is 0 Å². The lowest BCUT2D eigenvalue weighted by molar-refractivity contribution is -0.113. The number of hydrogen-bond donors (Lipinski definition) is 0. The second-order valence-corrected chi connectivity index (χ2v) is 8.92. The van der Waals surface area contributed by atoms with E-state index >= 15 is 0 Å². The van der Waals surface area contributed by atoms with Crippen molar-refractivity contribution in [2.24, 2.45) is 10.9 Å². The van der Waals surface area contributed by atoms with Crippen molar-refractivity contribution in [3.8, 4) is 5.75 Å². The molecule has 0 radical (unpaired) electrons. The number of rotatable bonds is 5. The van der Waals surface area contributed by atoms with Crippen molar-refractivity contribution in [3.05, 3.63) is 50.8 Å². The Kier molecular flexibility index (Phi) is 6.29. The smallest absolute Gasteiger partial charge is 0.283 e. The van der Waals surface area contributed by atoms with Gasteiger partial charge < -0.3 is 4.74 Å². The van der Waals surface area contributed by atoms with Gasteiger partial charge in [0.2, 0.25) is 0 Å². The molecule has 0 spiro atoms. The quantitative estimate of drug-likeness (QED) is 0.569. The third-order valence-electron chi connectivity index (χ3n) is 3.93. The van der Waals surface area contributed by atoms with Gasteiger partial charge in [-0.25, -0.2) is 9.89 Å². The molecule has 0 N–H and O–H groups in total. The van der Waals surface area contributed by atoms with Crippen molar-refractivity contribution >= 4 is 57.5 Å². The van der Waals surface area contributed by atoms with Crippen LogP contribution in [0.2, 0.25) is 5.02 Å². The summed E-state index contributed by atoms with van der Waals surface area (Å²) >= 11 is 9.35. The van der Waals surface area contributed by atoms with E-state index in [2.05, 4.69) is 18.8 Å². The Morgan fingerprint density at radius 1 is 1.37 bits per heavy atom. The molecule has 1 amide bonds. The van der Waals surface area contributed by atoms with Gasteiger partial charge in [-0.3, -0.25) is 4.79 Å². The highest BCUT2D eigenvalue weighted by molar-refractivity contribution is 8.14. The molecule has 0 atom stereocenters. The van der Waals surface area contributed by atoms with Gasteiger partial charge in [0.25, 0.3) is 5.91 Å². The number of thioether (sulfide) groups is 1. The number of benzene rings is 1. The molecule has 4 nitrogen and oxygen atoms in total. The number of carbonyl (C=O) groups is 1. The van der Waals surface area contributed by atoms with Crippen molar-refractivity contribution < 1.29 is 9.53 Å². The predicted molar refractivity (Wildman–Crippen MR) is 117 cm³/mol. The standard InChI is InChI=1S/C20H21ClN2O2S2/c1-12(2)11-27-20-22-15(10-18-13(3)7-8-26-18)19(24)23(20)16-9-14(21)5-6-17(16)25-4/h5-10,12H,11H2,1-4H3/b15-10+. The molecule has 3 rings (SSSR count). The number of aryl methyl sites for hydroxylation is 1. The van der Waals surface area contributed by atoms with Gasteiger partial charge in [0.1, 0.15) is 11.4 Å². The first-order valence-electron chi connectivity index (χ1n) is 8.56. The number of aliphatic imine (C=N–C) groups is 1. The minimum Gasteiger partial charge on any atom is -0.495 e. The Balaban J connectivity index is 2.05. The predicted octanol–water partition coefficient (Wildman–Crippen LogP) is 5.85. The van der Waals surface area contributed by atoms with E-state index in [4.69, 9.17) is 16.3 Å². The van der Waals surface area contributed by atoms with Crippen molar-refractivity contribution in [2.45, 2.75) is 20.8 Å². The van der Waals surface area contributed by atoms with Gasteiger partial charge in [0, 0.05) is 15.7 Å². The highest BCUT2D eigenvalue weighted by Crippen LogP contribution is 2.37. The second-order valence-electron chi connectivity index (χ2n) is 6.55. The van der Waals surface area contributed by atoms with E-state index in [0.717, 1.165) is 16.2 Å². The molecule has 1 aliphatic rings. The van der Waals surface area contributed by atoms with Crippen LogP contribution in [0.3, 0.4) is 0 Å². The Hall–Kier alpha value is -1.76. The Labute approximate surface area is 172 Å². The molecular formula is C20H21ClN2O2S2. The molecule has 142 valence electrons. The average molecular weight is 421 g/mol. The summed E-state index contributed by atoms with van der Waals surface area (Å²) < 4.78 is 5.46. The summed E-state index contributed by atoms with van der Waals surface area (Å²) in [4.78, 5) is 20.5. The van der Waals surface area contributed by atoms with Crippen LogP contribution >= 0.6 is 34.7 Å². The molecule has 0 bridgehead atoms. The maximum absolute atomic E-state index is 13.2. The van der Waals surface area contributed by atoms with Crippen LogP contribution in [0, 0.1) is 12.8 Å². The number of halogens is 1. The largest absolute Gasteiger partial charge is 0.495 e. The number of thiophene rings is 1. The fraction of sp³-hybridized carbons (Fsp3) is 0.300. The van der Waals surface area contributed by atoms with Crippen molar-refractivity contribution in [1.29, 1.82) is 0 Å². The fourth-order valence-corrected chi connectivity index (χ4v) is 4.52. The van der Waals surface area contributed by atoms with Gasteiger partial charge in [-0.15, -0.1) is 11.3 Å². The normalized spacial score (nSPS) is 15.8. The molecule has 0 unspecified atom stereocenters.